The number of fused-ring (bicyclic) bond motifs is 4. The van der Waals surface area contributed by atoms with Crippen LogP contribution in [0.5, 0.6) is 0 Å². The fourth-order valence-corrected chi connectivity index (χ4v) is 6.29. The zero-order chi connectivity index (χ0) is 20.5. The third-order valence-electron chi connectivity index (χ3n) is 6.94. The maximum atomic E-state index is 13.1. The molecule has 1 atom stereocenters. The molecule has 2 aromatic rings. The van der Waals surface area contributed by atoms with Crippen LogP contribution in [0.15, 0.2) is 15.5 Å². The number of hydrogen-bond donors (Lipinski definition) is 3. The van der Waals surface area contributed by atoms with E-state index in [0.29, 0.717) is 5.82 Å². The predicted octanol–water partition coefficient (Wildman–Crippen LogP) is 2.49. The minimum absolute atomic E-state index is 0.230. The van der Waals surface area contributed by atoms with Crippen molar-refractivity contribution in [1.29, 1.82) is 0 Å². The fraction of sp³-hybridized carbons (Fsp3) is 0.550. The van der Waals surface area contributed by atoms with E-state index in [0.717, 1.165) is 74.1 Å². The molecule has 1 spiro atoms. The number of hydrogen-bond acceptors (Lipinski definition) is 5. The van der Waals surface area contributed by atoms with Gasteiger partial charge in [0.2, 0.25) is 0 Å². The average molecular weight is 428 g/mol. The van der Waals surface area contributed by atoms with E-state index in [2.05, 4.69) is 20.1 Å². The van der Waals surface area contributed by atoms with Crippen LogP contribution in [0.25, 0.3) is 0 Å². The van der Waals surface area contributed by atoms with Crippen molar-refractivity contribution >= 4 is 27.5 Å². The summed E-state index contributed by atoms with van der Waals surface area (Å²) in [7, 11) is -3.41. The van der Waals surface area contributed by atoms with E-state index >= 15 is 0 Å². The molecule has 30 heavy (non-hydrogen) atoms. The third-order valence-corrected chi connectivity index (χ3v) is 8.31. The number of pyridine rings is 1. The second kappa shape index (κ2) is 6.27. The molecule has 6 rings (SSSR count). The molecule has 158 valence electrons. The molecule has 3 heterocycles. The predicted molar refractivity (Wildman–Crippen MR) is 113 cm³/mol. The lowest BCUT2D eigenvalue weighted by atomic mass is 10.0. The van der Waals surface area contributed by atoms with E-state index in [1.807, 2.05) is 0 Å². The Morgan fingerprint density at radius 3 is 2.93 bits per heavy atom. The Hall–Kier alpha value is -2.46. The highest BCUT2D eigenvalue weighted by molar-refractivity contribution is 7.91. The molecule has 2 aromatic heterocycles. The van der Waals surface area contributed by atoms with Gasteiger partial charge in [-0.2, -0.15) is 5.10 Å². The Balaban J connectivity index is 1.36. The first-order valence-electron chi connectivity index (χ1n) is 10.7. The van der Waals surface area contributed by atoms with E-state index in [1.165, 1.54) is 24.7 Å². The highest BCUT2D eigenvalue weighted by atomic mass is 32.2. The third kappa shape index (κ3) is 2.70. The van der Waals surface area contributed by atoms with Crippen LogP contribution in [-0.4, -0.2) is 31.5 Å². The molecule has 0 saturated heterocycles. The molecule has 1 aliphatic heterocycles. The first-order valence-corrected chi connectivity index (χ1v) is 12.3. The number of carbonyl (C=O) groups is 1. The van der Waals surface area contributed by atoms with Gasteiger partial charge in [-0.3, -0.25) is 4.98 Å². The first-order chi connectivity index (χ1) is 14.5. The van der Waals surface area contributed by atoms with Crippen molar-refractivity contribution in [1.82, 2.24) is 14.8 Å². The molecule has 1 fully saturated rings. The topological polar surface area (TPSA) is 127 Å². The van der Waals surface area contributed by atoms with Crippen molar-refractivity contribution in [3.63, 3.8) is 0 Å². The van der Waals surface area contributed by atoms with Crippen LogP contribution in [0.1, 0.15) is 54.6 Å². The Kier molecular flexibility index (Phi) is 3.83. The van der Waals surface area contributed by atoms with Crippen LogP contribution in [0.2, 0.25) is 0 Å². The van der Waals surface area contributed by atoms with Crippen LogP contribution < -0.4 is 15.8 Å². The molecule has 9 nitrogen and oxygen atoms in total. The molecule has 0 bridgehead atoms. The fourth-order valence-electron chi connectivity index (χ4n) is 5.24. The van der Waals surface area contributed by atoms with Gasteiger partial charge in [0, 0.05) is 24.2 Å². The molecule has 4 aliphatic rings. The van der Waals surface area contributed by atoms with Gasteiger partial charge in [-0.05, 0) is 62.5 Å². The van der Waals surface area contributed by atoms with E-state index in [1.54, 1.807) is 4.68 Å². The zero-order valence-electron chi connectivity index (χ0n) is 16.7. The van der Waals surface area contributed by atoms with Crippen molar-refractivity contribution in [3.8, 4) is 0 Å². The van der Waals surface area contributed by atoms with Crippen molar-refractivity contribution in [2.75, 3.05) is 17.2 Å². The number of anilines is 2. The molecule has 4 N–H and O–H groups in total. The molecule has 0 radical (unpaired) electrons. The van der Waals surface area contributed by atoms with Gasteiger partial charge in [0.15, 0.2) is 0 Å². The SMILES string of the molecule is NS(=O)(=NC(=O)Nc1c2c(nc3c1CCC31CC1)CCC2)c1cnn2c1NCCC2. The summed E-state index contributed by atoms with van der Waals surface area (Å²) in [6.07, 6.45) is 9.64. The lowest BCUT2D eigenvalue weighted by Crippen LogP contribution is -2.22. The van der Waals surface area contributed by atoms with Gasteiger partial charge < -0.3 is 10.6 Å². The number of amides is 2. The number of aryl methyl sites for hydroxylation is 2. The summed E-state index contributed by atoms with van der Waals surface area (Å²) < 4.78 is 18.8. The second-order valence-electron chi connectivity index (χ2n) is 8.82. The van der Waals surface area contributed by atoms with Gasteiger partial charge in [0.25, 0.3) is 0 Å². The number of nitrogens with one attached hydrogen (secondary N) is 2. The number of nitrogens with two attached hydrogens (primary N) is 1. The molecule has 0 aromatic carbocycles. The van der Waals surface area contributed by atoms with Crippen molar-refractivity contribution in [2.24, 2.45) is 9.50 Å². The number of urea groups is 1. The maximum Gasteiger partial charge on any atom is 0.354 e. The molecular formula is C20H25N7O2S. The number of nitrogens with zero attached hydrogens (tertiary/aromatic N) is 4. The zero-order valence-corrected chi connectivity index (χ0v) is 17.6. The monoisotopic (exact) mass is 427 g/mol. The standard InChI is InChI=1S/C20H25N7O2S/c21-30(29,15-11-23-27-10-2-9-22-18(15)27)26-19(28)25-16-12-3-1-4-14(12)24-17-13(16)5-6-20(17)7-8-20/h11,22H,1-10H2,(H3,21,24,25,26,28,29). The van der Waals surface area contributed by atoms with Gasteiger partial charge in [-0.25, -0.2) is 18.8 Å². The van der Waals surface area contributed by atoms with Crippen LogP contribution in [0.4, 0.5) is 16.3 Å². The Morgan fingerprint density at radius 1 is 1.23 bits per heavy atom. The highest BCUT2D eigenvalue weighted by Gasteiger charge is 2.51. The summed E-state index contributed by atoms with van der Waals surface area (Å²) in [5, 5.41) is 16.4. The first kappa shape index (κ1) is 18.3. The number of carbonyl (C=O) groups excluding carboxylic acids is 1. The lowest BCUT2D eigenvalue weighted by molar-refractivity contribution is 0.260. The molecule has 1 saturated carbocycles. The molecule has 2 amide bonds. The maximum absolute atomic E-state index is 13.1. The summed E-state index contributed by atoms with van der Waals surface area (Å²) in [5.74, 6) is 0.590. The quantitative estimate of drug-likeness (QED) is 0.678. The van der Waals surface area contributed by atoms with Crippen molar-refractivity contribution in [3.05, 3.63) is 28.7 Å². The largest absolute Gasteiger partial charge is 0.369 e. The van der Waals surface area contributed by atoms with E-state index < -0.39 is 15.9 Å². The Bertz CT molecular complexity index is 1200. The van der Waals surface area contributed by atoms with Crippen LogP contribution in [0, 0.1) is 0 Å². The van der Waals surface area contributed by atoms with Crippen molar-refractivity contribution in [2.45, 2.75) is 68.2 Å². The Labute approximate surface area is 175 Å². The smallest absolute Gasteiger partial charge is 0.354 e. The van der Waals surface area contributed by atoms with E-state index in [4.69, 9.17) is 10.1 Å². The van der Waals surface area contributed by atoms with Crippen molar-refractivity contribution < 1.29 is 9.00 Å². The summed E-state index contributed by atoms with van der Waals surface area (Å²) in [6, 6.07) is -0.669. The molecule has 1 unspecified atom stereocenters. The number of rotatable bonds is 2. The number of aromatic nitrogens is 3. The minimum Gasteiger partial charge on any atom is -0.369 e. The minimum atomic E-state index is -3.41. The summed E-state index contributed by atoms with van der Waals surface area (Å²) in [6.45, 7) is 1.47. The van der Waals surface area contributed by atoms with E-state index in [-0.39, 0.29) is 10.3 Å². The normalized spacial score (nSPS) is 21.9. The van der Waals surface area contributed by atoms with Crippen LogP contribution >= 0.6 is 0 Å². The van der Waals surface area contributed by atoms with Crippen LogP contribution in [0.3, 0.4) is 0 Å². The summed E-state index contributed by atoms with van der Waals surface area (Å²) >= 11 is 0. The van der Waals surface area contributed by atoms with Crippen LogP contribution in [-0.2, 0) is 41.1 Å². The van der Waals surface area contributed by atoms with Gasteiger partial charge in [-0.1, -0.05) is 0 Å². The Morgan fingerprint density at radius 2 is 2.10 bits per heavy atom. The highest BCUT2D eigenvalue weighted by Crippen LogP contribution is 2.58. The molecule has 3 aliphatic carbocycles. The van der Waals surface area contributed by atoms with Gasteiger partial charge in [-0.15, -0.1) is 4.36 Å². The summed E-state index contributed by atoms with van der Waals surface area (Å²) in [4.78, 5) is 18.1. The molecule has 10 heteroatoms. The summed E-state index contributed by atoms with van der Waals surface area (Å²) in [5.41, 5.74) is 5.60. The van der Waals surface area contributed by atoms with E-state index in [9.17, 15) is 9.00 Å². The lowest BCUT2D eigenvalue weighted by Gasteiger charge is -2.17. The molecular weight excluding hydrogens is 402 g/mol. The van der Waals surface area contributed by atoms with Gasteiger partial charge in [0.05, 0.1) is 17.6 Å². The van der Waals surface area contributed by atoms with Gasteiger partial charge >= 0.3 is 6.03 Å². The van der Waals surface area contributed by atoms with Gasteiger partial charge in [0.1, 0.15) is 20.6 Å². The average Bonchev–Trinajstić information content (AvgIpc) is 3.06. The second-order valence-corrected chi connectivity index (χ2v) is 10.6.